The van der Waals surface area contributed by atoms with Crippen LogP contribution < -0.4 is 16.4 Å². The van der Waals surface area contributed by atoms with Crippen LogP contribution in [0.25, 0.3) is 0 Å². The van der Waals surface area contributed by atoms with Gasteiger partial charge in [-0.3, -0.25) is 4.79 Å². The summed E-state index contributed by atoms with van der Waals surface area (Å²) >= 11 is 1.86. The van der Waals surface area contributed by atoms with Gasteiger partial charge in [-0.2, -0.15) is 0 Å². The van der Waals surface area contributed by atoms with Crippen molar-refractivity contribution in [2.24, 2.45) is 5.73 Å². The Balaban J connectivity index is 1.83. The maximum atomic E-state index is 11.1. The predicted octanol–water partition coefficient (Wildman–Crippen LogP) is 2.48. The van der Waals surface area contributed by atoms with E-state index >= 15 is 0 Å². The first kappa shape index (κ1) is 13.8. The second kappa shape index (κ2) is 5.69. The Hall–Kier alpha value is -2.14. The van der Waals surface area contributed by atoms with Crippen LogP contribution in [0.4, 0.5) is 11.4 Å². The van der Waals surface area contributed by atoms with Gasteiger partial charge >= 0.3 is 0 Å². The minimum absolute atomic E-state index is 0.394. The summed E-state index contributed by atoms with van der Waals surface area (Å²) in [5.74, 6) is 0.671. The molecule has 0 aromatic heterocycles. The van der Waals surface area contributed by atoms with Crippen LogP contribution in [-0.4, -0.2) is 18.2 Å². The number of nitrogens with two attached hydrogens (primary N) is 2. The van der Waals surface area contributed by atoms with Crippen LogP contribution >= 0.6 is 11.8 Å². The highest BCUT2D eigenvalue weighted by molar-refractivity contribution is 7.99. The van der Waals surface area contributed by atoms with Crippen molar-refractivity contribution in [3.8, 4) is 0 Å². The van der Waals surface area contributed by atoms with E-state index in [2.05, 4.69) is 11.0 Å². The zero-order chi connectivity index (χ0) is 14.8. The smallest absolute Gasteiger partial charge is 0.248 e. The number of primary amides is 1. The molecular formula is C16H17N3OS. The van der Waals surface area contributed by atoms with E-state index in [0.29, 0.717) is 5.56 Å². The number of anilines is 2. The number of thioether (sulfide) groups is 1. The summed E-state index contributed by atoms with van der Waals surface area (Å²) in [4.78, 5) is 14.7. The van der Waals surface area contributed by atoms with Gasteiger partial charge in [0.1, 0.15) is 0 Å². The molecule has 0 radical (unpaired) electrons. The second-order valence-corrected chi connectivity index (χ2v) is 6.20. The Bertz CT molecular complexity index is 670. The number of nitrogen functional groups attached to an aromatic ring is 1. The first-order chi connectivity index (χ1) is 10.1. The van der Waals surface area contributed by atoms with Gasteiger partial charge in [-0.25, -0.2) is 0 Å². The van der Waals surface area contributed by atoms with Crippen LogP contribution in [0.5, 0.6) is 0 Å². The molecule has 1 amide bonds. The average molecular weight is 299 g/mol. The number of carbonyl (C=O) groups excluding carboxylic acids is 1. The molecule has 0 fully saturated rings. The number of rotatable bonds is 3. The average Bonchev–Trinajstić information content (AvgIpc) is 2.48. The van der Waals surface area contributed by atoms with E-state index in [4.69, 9.17) is 11.5 Å². The van der Waals surface area contributed by atoms with Crippen molar-refractivity contribution in [2.75, 3.05) is 22.9 Å². The number of amides is 1. The minimum Gasteiger partial charge on any atom is -0.399 e. The van der Waals surface area contributed by atoms with Gasteiger partial charge in [0.05, 0.1) is 5.69 Å². The summed E-state index contributed by atoms with van der Waals surface area (Å²) in [6.07, 6.45) is 0. The van der Waals surface area contributed by atoms with Crippen LogP contribution in [0.3, 0.4) is 0 Å². The molecule has 5 heteroatoms. The van der Waals surface area contributed by atoms with Crippen molar-refractivity contribution in [1.82, 2.24) is 0 Å². The van der Waals surface area contributed by atoms with Crippen LogP contribution in [0.15, 0.2) is 47.4 Å². The van der Waals surface area contributed by atoms with Crippen molar-refractivity contribution < 1.29 is 4.79 Å². The van der Waals surface area contributed by atoms with E-state index < -0.39 is 5.91 Å². The fraction of sp³-hybridized carbons (Fsp3) is 0.188. The summed E-state index contributed by atoms with van der Waals surface area (Å²) in [6.45, 7) is 1.79. The van der Waals surface area contributed by atoms with Crippen molar-refractivity contribution in [1.29, 1.82) is 0 Å². The maximum Gasteiger partial charge on any atom is 0.248 e. The molecule has 1 aliphatic heterocycles. The quantitative estimate of drug-likeness (QED) is 0.854. The molecule has 108 valence electrons. The van der Waals surface area contributed by atoms with Gasteiger partial charge in [0.2, 0.25) is 5.91 Å². The van der Waals surface area contributed by atoms with Gasteiger partial charge in [0, 0.05) is 35.0 Å². The number of fused-ring (bicyclic) bond motifs is 1. The zero-order valence-electron chi connectivity index (χ0n) is 11.6. The summed E-state index contributed by atoms with van der Waals surface area (Å²) in [5, 5.41) is 0. The topological polar surface area (TPSA) is 72.4 Å². The molecule has 2 aromatic rings. The van der Waals surface area contributed by atoms with Crippen molar-refractivity contribution in [3.05, 3.63) is 53.6 Å². The third-order valence-corrected chi connectivity index (χ3v) is 4.60. The third kappa shape index (κ3) is 2.97. The van der Waals surface area contributed by atoms with Gasteiger partial charge < -0.3 is 16.4 Å². The molecule has 0 spiro atoms. The predicted molar refractivity (Wildman–Crippen MR) is 87.6 cm³/mol. The fourth-order valence-corrected chi connectivity index (χ4v) is 3.48. The first-order valence-electron chi connectivity index (χ1n) is 6.79. The highest BCUT2D eigenvalue weighted by atomic mass is 32.2. The number of hydrogen-bond donors (Lipinski definition) is 2. The van der Waals surface area contributed by atoms with E-state index in [1.807, 2.05) is 36.0 Å². The lowest BCUT2D eigenvalue weighted by Crippen LogP contribution is -2.28. The number of benzene rings is 2. The standard InChI is InChI=1S/C16H17N3OS/c17-13-5-6-15-14(9-13)19(7-8-21-15)10-11-1-3-12(4-2-11)16(18)20/h1-6,9H,7-8,10,17H2,(H2,18,20). The Labute approximate surface area is 128 Å². The summed E-state index contributed by atoms with van der Waals surface area (Å²) < 4.78 is 0. The summed E-state index contributed by atoms with van der Waals surface area (Å²) in [6, 6.07) is 13.5. The minimum atomic E-state index is -0.394. The Morgan fingerprint density at radius 1 is 1.19 bits per heavy atom. The summed E-state index contributed by atoms with van der Waals surface area (Å²) in [5.41, 5.74) is 14.8. The van der Waals surface area contributed by atoms with E-state index in [-0.39, 0.29) is 0 Å². The van der Waals surface area contributed by atoms with Gasteiger partial charge in [0.25, 0.3) is 0 Å². The zero-order valence-corrected chi connectivity index (χ0v) is 12.4. The fourth-order valence-electron chi connectivity index (χ4n) is 2.45. The maximum absolute atomic E-state index is 11.1. The lowest BCUT2D eigenvalue weighted by molar-refractivity contribution is 0.100. The lowest BCUT2D eigenvalue weighted by Gasteiger charge is -2.31. The molecule has 1 aliphatic rings. The molecule has 0 bridgehead atoms. The highest BCUT2D eigenvalue weighted by Gasteiger charge is 2.17. The molecule has 3 rings (SSSR count). The number of carbonyl (C=O) groups is 1. The lowest BCUT2D eigenvalue weighted by atomic mass is 10.1. The van der Waals surface area contributed by atoms with Crippen LogP contribution in [0, 0.1) is 0 Å². The molecule has 0 aliphatic carbocycles. The van der Waals surface area contributed by atoms with Gasteiger partial charge in [0.15, 0.2) is 0 Å². The van der Waals surface area contributed by atoms with Crippen molar-refractivity contribution >= 4 is 29.0 Å². The summed E-state index contributed by atoms with van der Waals surface area (Å²) in [7, 11) is 0. The first-order valence-corrected chi connectivity index (χ1v) is 7.78. The molecule has 2 aromatic carbocycles. The second-order valence-electron chi connectivity index (χ2n) is 5.06. The van der Waals surface area contributed by atoms with Crippen molar-refractivity contribution in [2.45, 2.75) is 11.4 Å². The Morgan fingerprint density at radius 3 is 2.67 bits per heavy atom. The van der Waals surface area contributed by atoms with Crippen LogP contribution in [0.1, 0.15) is 15.9 Å². The van der Waals surface area contributed by atoms with E-state index in [9.17, 15) is 4.79 Å². The highest BCUT2D eigenvalue weighted by Crippen LogP contribution is 2.36. The Morgan fingerprint density at radius 2 is 1.95 bits per heavy atom. The third-order valence-electron chi connectivity index (χ3n) is 3.55. The molecule has 1 heterocycles. The molecule has 4 nitrogen and oxygen atoms in total. The molecule has 0 atom stereocenters. The van der Waals surface area contributed by atoms with Gasteiger partial charge in [-0.1, -0.05) is 12.1 Å². The van der Waals surface area contributed by atoms with Crippen molar-refractivity contribution in [3.63, 3.8) is 0 Å². The normalized spacial score (nSPS) is 13.8. The Kier molecular flexibility index (Phi) is 3.75. The monoisotopic (exact) mass is 299 g/mol. The largest absolute Gasteiger partial charge is 0.399 e. The molecular weight excluding hydrogens is 282 g/mol. The number of nitrogens with zero attached hydrogens (tertiary/aromatic N) is 1. The SMILES string of the molecule is NC(=O)c1ccc(CN2CCSc3ccc(N)cc32)cc1. The van der Waals surface area contributed by atoms with Gasteiger partial charge in [-0.05, 0) is 35.9 Å². The van der Waals surface area contributed by atoms with E-state index in [1.165, 1.54) is 10.6 Å². The molecule has 0 saturated carbocycles. The van der Waals surface area contributed by atoms with Crippen LogP contribution in [0.2, 0.25) is 0 Å². The number of hydrogen-bond acceptors (Lipinski definition) is 4. The van der Waals surface area contributed by atoms with E-state index in [1.54, 1.807) is 12.1 Å². The van der Waals surface area contributed by atoms with E-state index in [0.717, 1.165) is 30.1 Å². The molecule has 0 unspecified atom stereocenters. The molecule has 4 N–H and O–H groups in total. The van der Waals surface area contributed by atoms with Gasteiger partial charge in [-0.15, -0.1) is 11.8 Å². The molecule has 0 saturated heterocycles. The molecule has 21 heavy (non-hydrogen) atoms. The van der Waals surface area contributed by atoms with Crippen LogP contribution in [-0.2, 0) is 6.54 Å².